The lowest BCUT2D eigenvalue weighted by Crippen LogP contribution is -2.15. The molecule has 106 valence electrons. The molecule has 0 aliphatic carbocycles. The molecule has 0 fully saturated rings. The summed E-state index contributed by atoms with van der Waals surface area (Å²) in [4.78, 5) is 19.7. The molecule has 0 bridgehead atoms. The number of aromatic nitrogens is 2. The summed E-state index contributed by atoms with van der Waals surface area (Å²) in [5.41, 5.74) is 0.349. The molecule has 2 rings (SSSR count). The Kier molecular flexibility index (Phi) is 4.96. The third-order valence-electron chi connectivity index (χ3n) is 2.47. The van der Waals surface area contributed by atoms with Crippen LogP contribution in [0.2, 0.25) is 0 Å². The molecular formula is C15H12FN3O2. The van der Waals surface area contributed by atoms with Crippen LogP contribution in [-0.2, 0) is 0 Å². The lowest BCUT2D eigenvalue weighted by Gasteiger charge is -2.04. The molecule has 0 aliphatic rings. The number of amides is 1. The molecule has 0 spiro atoms. The second-order valence-electron chi connectivity index (χ2n) is 4.00. The summed E-state index contributed by atoms with van der Waals surface area (Å²) in [7, 11) is 0. The van der Waals surface area contributed by atoms with Gasteiger partial charge < -0.3 is 5.11 Å². The summed E-state index contributed by atoms with van der Waals surface area (Å²) in [6, 6.07) is 5.59. The highest BCUT2D eigenvalue weighted by Gasteiger charge is 2.13. The maximum Gasteiger partial charge on any atom is 0.261 e. The topological polar surface area (TPSA) is 75.1 Å². The lowest BCUT2D eigenvalue weighted by molar-refractivity contribution is 0.102. The van der Waals surface area contributed by atoms with E-state index in [-0.39, 0.29) is 18.1 Å². The standard InChI is InChI=1S/C15H12FN3O2/c16-13-6-5-11(4-1-2-9-20)10-12(13)14(21)19-15-17-7-3-8-18-15/h3,5-8,10,20H,2,9H2,(H,17,18,19,21). The van der Waals surface area contributed by atoms with Crippen molar-refractivity contribution in [3.8, 4) is 11.8 Å². The summed E-state index contributed by atoms with van der Waals surface area (Å²) >= 11 is 0. The van der Waals surface area contributed by atoms with E-state index in [0.717, 1.165) is 0 Å². The first kappa shape index (κ1) is 14.6. The predicted octanol–water partition coefficient (Wildman–Crippen LogP) is 1.60. The second kappa shape index (κ2) is 7.12. The van der Waals surface area contributed by atoms with Crippen molar-refractivity contribution < 1.29 is 14.3 Å². The van der Waals surface area contributed by atoms with E-state index < -0.39 is 11.7 Å². The molecule has 0 saturated carbocycles. The van der Waals surface area contributed by atoms with Crippen LogP contribution < -0.4 is 5.32 Å². The Bertz CT molecular complexity index is 693. The summed E-state index contributed by atoms with van der Waals surface area (Å²) < 4.78 is 13.7. The lowest BCUT2D eigenvalue weighted by atomic mass is 10.1. The fourth-order valence-electron chi connectivity index (χ4n) is 1.53. The zero-order chi connectivity index (χ0) is 15.1. The number of benzene rings is 1. The van der Waals surface area contributed by atoms with Gasteiger partial charge in [-0.3, -0.25) is 10.1 Å². The van der Waals surface area contributed by atoms with Crippen molar-refractivity contribution in [3.63, 3.8) is 0 Å². The van der Waals surface area contributed by atoms with Gasteiger partial charge in [-0.05, 0) is 24.3 Å². The van der Waals surface area contributed by atoms with Crippen molar-refractivity contribution >= 4 is 11.9 Å². The van der Waals surface area contributed by atoms with Crippen LogP contribution in [0.3, 0.4) is 0 Å². The Labute approximate surface area is 120 Å². The SMILES string of the molecule is O=C(Nc1ncccn1)c1cc(C#CCCO)ccc1F. The van der Waals surface area contributed by atoms with Crippen LogP contribution in [0.1, 0.15) is 22.3 Å². The molecule has 0 radical (unpaired) electrons. The normalized spacial score (nSPS) is 9.62. The minimum atomic E-state index is -0.656. The maximum absolute atomic E-state index is 13.7. The van der Waals surface area contributed by atoms with Gasteiger partial charge in [0.2, 0.25) is 5.95 Å². The molecule has 5 nitrogen and oxygen atoms in total. The number of carbonyl (C=O) groups excluding carboxylic acids is 1. The highest BCUT2D eigenvalue weighted by atomic mass is 19.1. The van der Waals surface area contributed by atoms with E-state index in [2.05, 4.69) is 27.1 Å². The smallest absolute Gasteiger partial charge is 0.261 e. The summed E-state index contributed by atoms with van der Waals surface area (Å²) in [5, 5.41) is 11.1. The third kappa shape index (κ3) is 4.09. The van der Waals surface area contributed by atoms with Crippen molar-refractivity contribution in [3.05, 3.63) is 53.6 Å². The average molecular weight is 285 g/mol. The molecule has 6 heteroatoms. The molecule has 1 aromatic carbocycles. The molecule has 2 N–H and O–H groups in total. The highest BCUT2D eigenvalue weighted by Crippen LogP contribution is 2.12. The number of aliphatic hydroxyl groups excluding tert-OH is 1. The number of hydrogen-bond donors (Lipinski definition) is 2. The number of nitrogens with zero attached hydrogens (tertiary/aromatic N) is 2. The quantitative estimate of drug-likeness (QED) is 0.840. The number of anilines is 1. The van der Waals surface area contributed by atoms with Crippen LogP contribution in [-0.4, -0.2) is 27.6 Å². The minimum absolute atomic E-state index is 0.0487. The first-order valence-electron chi connectivity index (χ1n) is 6.18. The van der Waals surface area contributed by atoms with Crippen LogP contribution in [0.15, 0.2) is 36.7 Å². The molecule has 0 atom stereocenters. The van der Waals surface area contributed by atoms with Gasteiger partial charge in [0.15, 0.2) is 0 Å². The molecule has 0 unspecified atom stereocenters. The number of carbonyl (C=O) groups is 1. The number of rotatable bonds is 3. The Morgan fingerprint density at radius 3 is 2.81 bits per heavy atom. The van der Waals surface area contributed by atoms with Crippen molar-refractivity contribution in [2.45, 2.75) is 6.42 Å². The Morgan fingerprint density at radius 1 is 1.33 bits per heavy atom. The summed E-state index contributed by atoms with van der Waals surface area (Å²) in [6.07, 6.45) is 3.25. The predicted molar refractivity (Wildman–Crippen MR) is 75.0 cm³/mol. The molecule has 2 aromatic rings. The van der Waals surface area contributed by atoms with E-state index in [0.29, 0.717) is 12.0 Å². The molecule has 21 heavy (non-hydrogen) atoms. The molecule has 1 heterocycles. The van der Waals surface area contributed by atoms with Gasteiger partial charge in [-0.15, -0.1) is 0 Å². The van der Waals surface area contributed by atoms with Crippen LogP contribution in [0.5, 0.6) is 0 Å². The van der Waals surface area contributed by atoms with E-state index in [1.165, 1.54) is 30.6 Å². The fraction of sp³-hybridized carbons (Fsp3) is 0.133. The average Bonchev–Trinajstić information content (AvgIpc) is 2.50. The minimum Gasteiger partial charge on any atom is -0.395 e. The molecule has 1 aromatic heterocycles. The van der Waals surface area contributed by atoms with Crippen molar-refractivity contribution in [1.29, 1.82) is 0 Å². The van der Waals surface area contributed by atoms with Crippen molar-refractivity contribution in [2.24, 2.45) is 0 Å². The van der Waals surface area contributed by atoms with Crippen molar-refractivity contribution in [2.75, 3.05) is 11.9 Å². The number of nitrogens with one attached hydrogen (secondary N) is 1. The Balaban J connectivity index is 2.20. The highest BCUT2D eigenvalue weighted by molar-refractivity contribution is 6.03. The molecule has 1 amide bonds. The van der Waals surface area contributed by atoms with E-state index in [1.807, 2.05) is 0 Å². The second-order valence-corrected chi connectivity index (χ2v) is 4.00. The summed E-state index contributed by atoms with van der Waals surface area (Å²) in [5.74, 6) is 4.24. The van der Waals surface area contributed by atoms with Gasteiger partial charge in [-0.1, -0.05) is 11.8 Å². The van der Waals surface area contributed by atoms with Crippen LogP contribution in [0.4, 0.5) is 10.3 Å². The Hall–Kier alpha value is -2.78. The van der Waals surface area contributed by atoms with Crippen molar-refractivity contribution in [1.82, 2.24) is 9.97 Å². The van der Waals surface area contributed by atoms with E-state index in [4.69, 9.17) is 5.11 Å². The van der Waals surface area contributed by atoms with Crippen LogP contribution in [0, 0.1) is 17.7 Å². The molecule has 0 aliphatic heterocycles. The first-order chi connectivity index (χ1) is 10.2. The van der Waals surface area contributed by atoms with Gasteiger partial charge in [0.05, 0.1) is 12.2 Å². The van der Waals surface area contributed by atoms with Gasteiger partial charge in [0, 0.05) is 24.4 Å². The van der Waals surface area contributed by atoms with E-state index in [1.54, 1.807) is 6.07 Å². The molecular weight excluding hydrogens is 273 g/mol. The van der Waals surface area contributed by atoms with Crippen LogP contribution in [0.25, 0.3) is 0 Å². The fourth-order valence-corrected chi connectivity index (χ4v) is 1.53. The molecule has 0 saturated heterocycles. The first-order valence-corrected chi connectivity index (χ1v) is 6.18. The Morgan fingerprint density at radius 2 is 2.10 bits per heavy atom. The number of halogens is 1. The third-order valence-corrected chi connectivity index (χ3v) is 2.47. The maximum atomic E-state index is 13.7. The largest absolute Gasteiger partial charge is 0.395 e. The number of aliphatic hydroxyl groups is 1. The summed E-state index contributed by atoms with van der Waals surface area (Å²) in [6.45, 7) is -0.0487. The van der Waals surface area contributed by atoms with E-state index in [9.17, 15) is 9.18 Å². The van der Waals surface area contributed by atoms with Gasteiger partial charge in [-0.2, -0.15) is 0 Å². The van der Waals surface area contributed by atoms with Gasteiger partial charge in [0.1, 0.15) is 5.82 Å². The zero-order valence-electron chi connectivity index (χ0n) is 11.0. The van der Waals surface area contributed by atoms with Gasteiger partial charge in [0.25, 0.3) is 5.91 Å². The zero-order valence-corrected chi connectivity index (χ0v) is 11.0. The monoisotopic (exact) mass is 285 g/mol. The van der Waals surface area contributed by atoms with Gasteiger partial charge in [-0.25, -0.2) is 14.4 Å². The van der Waals surface area contributed by atoms with Crippen LogP contribution >= 0.6 is 0 Å². The van der Waals surface area contributed by atoms with E-state index >= 15 is 0 Å². The van der Waals surface area contributed by atoms with Gasteiger partial charge >= 0.3 is 0 Å². The number of hydrogen-bond acceptors (Lipinski definition) is 4.